The fourth-order valence-corrected chi connectivity index (χ4v) is 4.50. The van der Waals surface area contributed by atoms with Gasteiger partial charge < -0.3 is 10.1 Å². The van der Waals surface area contributed by atoms with Crippen molar-refractivity contribution in [2.45, 2.75) is 13.0 Å². The first kappa shape index (κ1) is 18.8. The van der Waals surface area contributed by atoms with Crippen LogP contribution in [0, 0.1) is 17.0 Å². The highest BCUT2D eigenvalue weighted by Gasteiger charge is 2.24. The Morgan fingerprint density at radius 3 is 2.86 bits per heavy atom. The second-order valence-corrected chi connectivity index (χ2v) is 7.78. The van der Waals surface area contributed by atoms with Crippen molar-refractivity contribution in [3.63, 3.8) is 0 Å². The molecule has 7 nitrogen and oxygen atoms in total. The van der Waals surface area contributed by atoms with Gasteiger partial charge in [-0.3, -0.25) is 15.0 Å². The van der Waals surface area contributed by atoms with E-state index in [2.05, 4.69) is 32.7 Å². The summed E-state index contributed by atoms with van der Waals surface area (Å²) >= 11 is 1.75. The quantitative estimate of drug-likeness (QED) is 0.499. The number of para-hydroxylation sites is 1. The molecule has 0 saturated carbocycles. The molecule has 4 rings (SSSR count). The monoisotopic (exact) mass is 398 g/mol. The zero-order valence-corrected chi connectivity index (χ0v) is 16.4. The van der Waals surface area contributed by atoms with E-state index in [0.717, 1.165) is 43.1 Å². The molecule has 1 N–H and O–H groups in total. The second kappa shape index (κ2) is 8.22. The zero-order valence-electron chi connectivity index (χ0n) is 15.6. The van der Waals surface area contributed by atoms with Crippen molar-refractivity contribution < 1.29 is 9.66 Å². The van der Waals surface area contributed by atoms with Gasteiger partial charge in [0.1, 0.15) is 0 Å². The predicted octanol–water partition coefficient (Wildman–Crippen LogP) is 4.00. The molecule has 3 aromatic rings. The highest BCUT2D eigenvalue weighted by atomic mass is 32.1. The number of rotatable bonds is 6. The summed E-state index contributed by atoms with van der Waals surface area (Å²) in [5.74, 6) is 0. The van der Waals surface area contributed by atoms with E-state index < -0.39 is 0 Å². The van der Waals surface area contributed by atoms with Crippen molar-refractivity contribution in [2.24, 2.45) is 0 Å². The van der Waals surface area contributed by atoms with Gasteiger partial charge in [-0.2, -0.15) is 0 Å². The first-order valence-corrected chi connectivity index (χ1v) is 10.2. The molecule has 1 aliphatic heterocycles. The molecule has 1 aliphatic rings. The number of aromatic nitrogens is 1. The number of anilines is 1. The molecule has 3 heterocycles. The van der Waals surface area contributed by atoms with Crippen molar-refractivity contribution >= 4 is 33.6 Å². The number of hydrogen-bond acceptors (Lipinski definition) is 7. The van der Waals surface area contributed by atoms with E-state index in [4.69, 9.17) is 4.74 Å². The first-order chi connectivity index (χ1) is 13.6. The van der Waals surface area contributed by atoms with Gasteiger partial charge in [0.05, 0.1) is 24.2 Å². The van der Waals surface area contributed by atoms with Crippen LogP contribution in [0.25, 0.3) is 10.9 Å². The molecular formula is C20H22N4O3S. The van der Waals surface area contributed by atoms with Gasteiger partial charge in [0, 0.05) is 47.3 Å². The Labute approximate surface area is 167 Å². The van der Waals surface area contributed by atoms with Crippen LogP contribution >= 0.6 is 11.3 Å². The number of hydrogen-bond donors (Lipinski definition) is 1. The van der Waals surface area contributed by atoms with Gasteiger partial charge in [0.15, 0.2) is 5.52 Å². The summed E-state index contributed by atoms with van der Waals surface area (Å²) < 4.78 is 5.51. The Bertz CT molecular complexity index is 971. The Balaban J connectivity index is 1.65. The number of nitro benzene ring substituents is 1. The van der Waals surface area contributed by atoms with Crippen molar-refractivity contribution in [3.8, 4) is 0 Å². The maximum atomic E-state index is 11.4. The number of ether oxygens (including phenoxy) is 1. The fraction of sp³-hybridized carbons (Fsp3) is 0.350. The number of aryl methyl sites for hydroxylation is 1. The van der Waals surface area contributed by atoms with Crippen LogP contribution in [-0.2, 0) is 4.74 Å². The van der Waals surface area contributed by atoms with Crippen LogP contribution in [-0.4, -0.2) is 47.7 Å². The number of fused-ring (bicyclic) bond motifs is 1. The third-order valence-corrected chi connectivity index (χ3v) is 5.96. The molecule has 146 valence electrons. The maximum Gasteiger partial charge on any atom is 0.295 e. The van der Waals surface area contributed by atoms with E-state index in [1.165, 1.54) is 10.9 Å². The molecule has 1 unspecified atom stereocenters. The van der Waals surface area contributed by atoms with E-state index in [1.807, 2.05) is 19.1 Å². The minimum absolute atomic E-state index is 0.0345. The molecule has 1 atom stereocenters. The molecule has 1 aromatic carbocycles. The molecule has 1 fully saturated rings. The summed E-state index contributed by atoms with van der Waals surface area (Å²) in [5.41, 5.74) is 2.09. The average molecular weight is 398 g/mol. The Hall–Kier alpha value is -2.55. The molecule has 0 bridgehead atoms. The van der Waals surface area contributed by atoms with Gasteiger partial charge in [0.2, 0.25) is 0 Å². The van der Waals surface area contributed by atoms with Gasteiger partial charge >= 0.3 is 0 Å². The van der Waals surface area contributed by atoms with Gasteiger partial charge in [-0.25, -0.2) is 4.98 Å². The van der Waals surface area contributed by atoms with E-state index in [1.54, 1.807) is 17.4 Å². The number of nitrogens with zero attached hydrogens (tertiary/aromatic N) is 3. The maximum absolute atomic E-state index is 11.4. The SMILES string of the molecule is Cc1cc(NCC(c2cccs2)N2CCOCC2)c2cccc([N+](=O)[O-])c2n1. The largest absolute Gasteiger partial charge is 0.382 e. The summed E-state index contributed by atoms with van der Waals surface area (Å²) in [6, 6.07) is 11.5. The molecular weight excluding hydrogens is 376 g/mol. The minimum atomic E-state index is -0.374. The Kier molecular flexibility index (Phi) is 5.52. The lowest BCUT2D eigenvalue weighted by Gasteiger charge is -2.34. The van der Waals surface area contributed by atoms with Crippen LogP contribution in [0.15, 0.2) is 41.8 Å². The van der Waals surface area contributed by atoms with E-state index >= 15 is 0 Å². The normalized spacial score (nSPS) is 16.2. The molecule has 0 amide bonds. The lowest BCUT2D eigenvalue weighted by molar-refractivity contribution is -0.383. The van der Waals surface area contributed by atoms with Crippen LogP contribution in [0.2, 0.25) is 0 Å². The van der Waals surface area contributed by atoms with Crippen LogP contribution in [0.1, 0.15) is 16.6 Å². The van der Waals surface area contributed by atoms with E-state index in [9.17, 15) is 10.1 Å². The number of nitrogens with one attached hydrogen (secondary N) is 1. The van der Waals surface area contributed by atoms with E-state index in [0.29, 0.717) is 12.1 Å². The van der Waals surface area contributed by atoms with Crippen LogP contribution in [0.4, 0.5) is 11.4 Å². The molecule has 0 radical (unpaired) electrons. The van der Waals surface area contributed by atoms with Crippen molar-refractivity contribution in [1.29, 1.82) is 0 Å². The van der Waals surface area contributed by atoms with E-state index in [-0.39, 0.29) is 16.7 Å². The predicted molar refractivity (Wildman–Crippen MR) is 111 cm³/mol. The lowest BCUT2D eigenvalue weighted by Crippen LogP contribution is -2.41. The molecule has 0 aliphatic carbocycles. The first-order valence-electron chi connectivity index (χ1n) is 9.27. The summed E-state index contributed by atoms with van der Waals surface area (Å²) in [7, 11) is 0. The van der Waals surface area contributed by atoms with Crippen LogP contribution in [0.3, 0.4) is 0 Å². The highest BCUT2D eigenvalue weighted by molar-refractivity contribution is 7.10. The number of pyridine rings is 1. The molecule has 0 spiro atoms. The number of thiophene rings is 1. The molecule has 28 heavy (non-hydrogen) atoms. The summed E-state index contributed by atoms with van der Waals surface area (Å²) in [5, 5.41) is 17.8. The van der Waals surface area contributed by atoms with Crippen molar-refractivity contribution in [3.05, 3.63) is 62.5 Å². The summed E-state index contributed by atoms with van der Waals surface area (Å²) in [4.78, 5) is 19.2. The molecule has 1 saturated heterocycles. The standard InChI is InChI=1S/C20H22N4O3S/c1-14-12-16(15-4-2-5-17(24(25)26)20(15)22-14)21-13-18(19-6-3-11-28-19)23-7-9-27-10-8-23/h2-6,11-12,18H,7-10,13H2,1H3,(H,21,22). The topological polar surface area (TPSA) is 80.5 Å². The average Bonchev–Trinajstić information content (AvgIpc) is 3.22. The molecule has 8 heteroatoms. The minimum Gasteiger partial charge on any atom is -0.382 e. The van der Waals surface area contributed by atoms with Crippen LogP contribution in [0.5, 0.6) is 0 Å². The van der Waals surface area contributed by atoms with Gasteiger partial charge in [0.25, 0.3) is 5.69 Å². The third-order valence-electron chi connectivity index (χ3n) is 4.99. The van der Waals surface area contributed by atoms with Gasteiger partial charge in [-0.1, -0.05) is 18.2 Å². The molecule has 2 aromatic heterocycles. The van der Waals surface area contributed by atoms with Gasteiger partial charge in [-0.15, -0.1) is 11.3 Å². The number of benzene rings is 1. The van der Waals surface area contributed by atoms with Crippen molar-refractivity contribution in [2.75, 3.05) is 38.2 Å². The smallest absolute Gasteiger partial charge is 0.295 e. The highest BCUT2D eigenvalue weighted by Crippen LogP contribution is 2.32. The number of morpholine rings is 1. The Morgan fingerprint density at radius 1 is 1.32 bits per heavy atom. The summed E-state index contributed by atoms with van der Waals surface area (Å²) in [6.45, 7) is 5.84. The Morgan fingerprint density at radius 2 is 2.14 bits per heavy atom. The second-order valence-electron chi connectivity index (χ2n) is 6.80. The zero-order chi connectivity index (χ0) is 19.5. The van der Waals surface area contributed by atoms with Crippen LogP contribution < -0.4 is 5.32 Å². The lowest BCUT2D eigenvalue weighted by atomic mass is 10.1. The third kappa shape index (κ3) is 3.84. The number of nitro groups is 1. The van der Waals surface area contributed by atoms with Crippen molar-refractivity contribution in [1.82, 2.24) is 9.88 Å². The fourth-order valence-electron chi connectivity index (χ4n) is 3.64. The summed E-state index contributed by atoms with van der Waals surface area (Å²) in [6.07, 6.45) is 0. The van der Waals surface area contributed by atoms with Gasteiger partial charge in [-0.05, 0) is 24.4 Å². The number of non-ortho nitro benzene ring substituents is 1.